The Hall–Kier alpha value is -1.88. The average molecular weight is 249 g/mol. The van der Waals surface area contributed by atoms with Crippen molar-refractivity contribution in [2.24, 2.45) is 12.8 Å². The summed E-state index contributed by atoms with van der Waals surface area (Å²) in [5.41, 5.74) is 7.07. The van der Waals surface area contributed by atoms with Crippen LogP contribution in [0.1, 0.15) is 24.1 Å². The number of benzene rings is 1. The maximum atomic E-state index is 13.7. The lowest BCUT2D eigenvalue weighted by Crippen LogP contribution is -2.07. The summed E-state index contributed by atoms with van der Waals surface area (Å²) < 4.78 is 20.8. The largest absolute Gasteiger partial charge is 0.489 e. The van der Waals surface area contributed by atoms with E-state index in [0.29, 0.717) is 17.9 Å². The van der Waals surface area contributed by atoms with E-state index in [-0.39, 0.29) is 11.9 Å². The molecule has 18 heavy (non-hydrogen) atoms. The van der Waals surface area contributed by atoms with Crippen LogP contribution in [0.25, 0.3) is 0 Å². The fraction of sp³-hybridized carbons (Fsp3) is 0.308. The van der Waals surface area contributed by atoms with Gasteiger partial charge in [-0.1, -0.05) is 6.07 Å². The quantitative estimate of drug-likeness (QED) is 0.903. The molecule has 2 aromatic rings. The molecule has 0 amide bonds. The standard InChI is InChI=1S/C13H16FN3O/c1-9(15)12-4-3-11(5-13(12)14)18-8-10-6-16-17(2)7-10/h3-7,9H,8,15H2,1-2H3. The van der Waals surface area contributed by atoms with Crippen molar-refractivity contribution in [3.8, 4) is 5.75 Å². The van der Waals surface area contributed by atoms with E-state index in [4.69, 9.17) is 10.5 Å². The Kier molecular flexibility index (Phi) is 3.62. The van der Waals surface area contributed by atoms with E-state index in [2.05, 4.69) is 5.10 Å². The Bertz CT molecular complexity index is 537. The molecule has 0 aliphatic rings. The van der Waals surface area contributed by atoms with E-state index in [1.54, 1.807) is 29.9 Å². The normalized spacial score (nSPS) is 12.4. The van der Waals surface area contributed by atoms with E-state index < -0.39 is 0 Å². The van der Waals surface area contributed by atoms with Gasteiger partial charge in [0.05, 0.1) is 6.20 Å². The number of halogens is 1. The third-order valence-electron chi connectivity index (χ3n) is 2.63. The smallest absolute Gasteiger partial charge is 0.131 e. The molecular formula is C13H16FN3O. The predicted octanol–water partition coefficient (Wildman–Crippen LogP) is 2.16. The van der Waals surface area contributed by atoms with Crippen LogP contribution >= 0.6 is 0 Å². The van der Waals surface area contributed by atoms with Crippen LogP contribution in [-0.4, -0.2) is 9.78 Å². The van der Waals surface area contributed by atoms with Crippen molar-refractivity contribution < 1.29 is 9.13 Å². The molecule has 0 saturated heterocycles. The molecule has 5 heteroatoms. The highest BCUT2D eigenvalue weighted by Gasteiger charge is 2.08. The Morgan fingerprint density at radius 2 is 2.28 bits per heavy atom. The molecule has 1 atom stereocenters. The maximum absolute atomic E-state index is 13.7. The molecule has 2 N–H and O–H groups in total. The van der Waals surface area contributed by atoms with Crippen LogP contribution < -0.4 is 10.5 Å². The fourth-order valence-electron chi connectivity index (χ4n) is 1.68. The second-order valence-electron chi connectivity index (χ2n) is 4.28. The van der Waals surface area contributed by atoms with Crippen LogP contribution in [0.2, 0.25) is 0 Å². The summed E-state index contributed by atoms with van der Waals surface area (Å²) in [7, 11) is 1.83. The van der Waals surface area contributed by atoms with Crippen LogP contribution in [0.5, 0.6) is 5.75 Å². The SMILES string of the molecule is CC(N)c1ccc(OCc2cnn(C)c2)cc1F. The van der Waals surface area contributed by atoms with Crippen LogP contribution in [0.15, 0.2) is 30.6 Å². The van der Waals surface area contributed by atoms with Crippen LogP contribution in [0.3, 0.4) is 0 Å². The van der Waals surface area contributed by atoms with Gasteiger partial charge in [-0.3, -0.25) is 4.68 Å². The molecule has 1 aromatic heterocycles. The minimum atomic E-state index is -0.339. The lowest BCUT2D eigenvalue weighted by atomic mass is 10.1. The van der Waals surface area contributed by atoms with Crippen molar-refractivity contribution in [3.05, 3.63) is 47.5 Å². The number of nitrogens with zero attached hydrogens (tertiary/aromatic N) is 2. The first-order chi connectivity index (χ1) is 8.56. The van der Waals surface area contributed by atoms with Gasteiger partial charge in [0.15, 0.2) is 0 Å². The van der Waals surface area contributed by atoms with E-state index in [1.807, 2.05) is 13.2 Å². The zero-order chi connectivity index (χ0) is 13.1. The highest BCUT2D eigenvalue weighted by Crippen LogP contribution is 2.21. The predicted molar refractivity (Wildman–Crippen MR) is 66.5 cm³/mol. The van der Waals surface area contributed by atoms with Crippen molar-refractivity contribution in [1.82, 2.24) is 9.78 Å². The lowest BCUT2D eigenvalue weighted by molar-refractivity contribution is 0.304. The highest BCUT2D eigenvalue weighted by molar-refractivity contribution is 5.30. The minimum Gasteiger partial charge on any atom is -0.489 e. The van der Waals surface area contributed by atoms with Gasteiger partial charge in [-0.2, -0.15) is 5.10 Å². The zero-order valence-corrected chi connectivity index (χ0v) is 10.4. The summed E-state index contributed by atoms with van der Waals surface area (Å²) in [6, 6.07) is 4.41. The van der Waals surface area contributed by atoms with Crippen LogP contribution in [-0.2, 0) is 13.7 Å². The van der Waals surface area contributed by atoms with Gasteiger partial charge < -0.3 is 10.5 Å². The van der Waals surface area contributed by atoms with Gasteiger partial charge in [0.25, 0.3) is 0 Å². The summed E-state index contributed by atoms with van der Waals surface area (Å²) in [4.78, 5) is 0. The van der Waals surface area contributed by atoms with Gasteiger partial charge in [-0.25, -0.2) is 4.39 Å². The summed E-state index contributed by atoms with van der Waals surface area (Å²) in [6.07, 6.45) is 3.57. The van der Waals surface area contributed by atoms with Gasteiger partial charge in [0.2, 0.25) is 0 Å². The molecule has 1 unspecified atom stereocenters. The van der Waals surface area contributed by atoms with Gasteiger partial charge in [0.1, 0.15) is 18.2 Å². The maximum Gasteiger partial charge on any atom is 0.131 e. The molecule has 4 nitrogen and oxygen atoms in total. The first-order valence-corrected chi connectivity index (χ1v) is 5.71. The summed E-state index contributed by atoms with van der Waals surface area (Å²) in [5.74, 6) is 0.148. The lowest BCUT2D eigenvalue weighted by Gasteiger charge is -2.09. The molecular weight excluding hydrogens is 233 g/mol. The van der Waals surface area contributed by atoms with Crippen molar-refractivity contribution in [1.29, 1.82) is 0 Å². The summed E-state index contributed by atoms with van der Waals surface area (Å²) in [6.45, 7) is 2.11. The molecule has 1 heterocycles. The molecule has 1 aromatic carbocycles. The minimum absolute atomic E-state index is 0.322. The fourth-order valence-corrected chi connectivity index (χ4v) is 1.68. The second kappa shape index (κ2) is 5.18. The number of nitrogens with two attached hydrogens (primary N) is 1. The molecule has 0 radical (unpaired) electrons. The van der Waals surface area contributed by atoms with E-state index in [1.165, 1.54) is 6.07 Å². The topological polar surface area (TPSA) is 53.1 Å². The third-order valence-corrected chi connectivity index (χ3v) is 2.63. The average Bonchev–Trinajstić information content (AvgIpc) is 2.72. The van der Waals surface area contributed by atoms with Gasteiger partial charge in [-0.15, -0.1) is 0 Å². The molecule has 0 saturated carbocycles. The monoisotopic (exact) mass is 249 g/mol. The Labute approximate surface area is 105 Å². The molecule has 0 spiro atoms. The molecule has 0 bridgehead atoms. The number of ether oxygens (including phenoxy) is 1. The molecule has 2 rings (SSSR count). The van der Waals surface area contributed by atoms with Crippen LogP contribution in [0.4, 0.5) is 4.39 Å². The van der Waals surface area contributed by atoms with E-state index in [9.17, 15) is 4.39 Å². The van der Waals surface area contributed by atoms with Crippen molar-refractivity contribution in [2.75, 3.05) is 0 Å². The van der Waals surface area contributed by atoms with E-state index in [0.717, 1.165) is 5.56 Å². The summed E-state index contributed by atoms with van der Waals surface area (Å²) >= 11 is 0. The Balaban J connectivity index is 2.04. The Morgan fingerprint density at radius 3 is 2.83 bits per heavy atom. The third kappa shape index (κ3) is 2.87. The van der Waals surface area contributed by atoms with Gasteiger partial charge in [-0.05, 0) is 13.0 Å². The van der Waals surface area contributed by atoms with Gasteiger partial charge in [0, 0.05) is 36.5 Å². The van der Waals surface area contributed by atoms with Crippen LogP contribution in [0, 0.1) is 5.82 Å². The molecule has 0 fully saturated rings. The molecule has 96 valence electrons. The van der Waals surface area contributed by atoms with Crippen molar-refractivity contribution in [3.63, 3.8) is 0 Å². The zero-order valence-electron chi connectivity index (χ0n) is 10.4. The van der Waals surface area contributed by atoms with Crippen molar-refractivity contribution >= 4 is 0 Å². The first-order valence-electron chi connectivity index (χ1n) is 5.71. The first kappa shape index (κ1) is 12.6. The number of rotatable bonds is 4. The molecule has 0 aliphatic heterocycles. The Morgan fingerprint density at radius 1 is 1.50 bits per heavy atom. The van der Waals surface area contributed by atoms with Crippen molar-refractivity contribution in [2.45, 2.75) is 19.6 Å². The molecule has 0 aliphatic carbocycles. The highest BCUT2D eigenvalue weighted by atomic mass is 19.1. The number of hydrogen-bond donors (Lipinski definition) is 1. The second-order valence-corrected chi connectivity index (χ2v) is 4.28. The number of aryl methyl sites for hydroxylation is 1. The number of aromatic nitrogens is 2. The number of hydrogen-bond acceptors (Lipinski definition) is 3. The van der Waals surface area contributed by atoms with Gasteiger partial charge >= 0.3 is 0 Å². The summed E-state index contributed by atoms with van der Waals surface area (Å²) in [5, 5.41) is 4.03. The van der Waals surface area contributed by atoms with E-state index >= 15 is 0 Å².